The molecule has 1 heterocycles. The summed E-state index contributed by atoms with van der Waals surface area (Å²) < 4.78 is 0. The number of rotatable bonds is 3. The third-order valence-corrected chi connectivity index (χ3v) is 3.00. The van der Waals surface area contributed by atoms with Crippen molar-refractivity contribution in [1.82, 2.24) is 10.2 Å². The average Bonchev–Trinajstić information content (AvgIpc) is 2.73. The topological polar surface area (TPSA) is 41.4 Å². The lowest BCUT2D eigenvalue weighted by atomic mass is 10.2. The molecule has 0 aliphatic heterocycles. The molecule has 0 saturated heterocycles. The van der Waals surface area contributed by atoms with E-state index in [1.165, 1.54) is 17.0 Å². The largest absolute Gasteiger partial charge is 0.378 e. The van der Waals surface area contributed by atoms with Gasteiger partial charge in [-0.15, -0.1) is 10.2 Å². The van der Waals surface area contributed by atoms with Crippen LogP contribution in [-0.2, 0) is 0 Å². The van der Waals surface area contributed by atoms with Crippen molar-refractivity contribution in [1.29, 1.82) is 0 Å². The Morgan fingerprint density at radius 2 is 1.88 bits per heavy atom. The Morgan fingerprint density at radius 1 is 1.18 bits per heavy atom. The quantitative estimate of drug-likeness (QED) is 0.782. The van der Waals surface area contributed by atoms with Crippen molar-refractivity contribution in [3.63, 3.8) is 0 Å². The lowest BCUT2D eigenvalue weighted by Crippen LogP contribution is -2.08. The average molecular weight is 246 g/mol. The molecule has 5 heteroatoms. The van der Waals surface area contributed by atoms with Gasteiger partial charge in [0.1, 0.15) is 5.01 Å². The summed E-state index contributed by atoms with van der Waals surface area (Å²) in [5, 5.41) is 9.48. The van der Waals surface area contributed by atoms with E-state index in [0.29, 0.717) is 5.13 Å². The predicted octanol–water partition coefficient (Wildman–Crippen LogP) is 2.66. The maximum Gasteiger partial charge on any atom is 0.231 e. The summed E-state index contributed by atoms with van der Waals surface area (Å²) in [6.07, 6.45) is 1.80. The highest BCUT2D eigenvalue weighted by molar-refractivity contribution is 7.14. The Bertz CT molecular complexity index is 514. The normalized spacial score (nSPS) is 11.0. The molecule has 0 N–H and O–H groups in total. The van der Waals surface area contributed by atoms with Crippen LogP contribution in [-0.4, -0.2) is 30.5 Å². The first kappa shape index (κ1) is 11.7. The second kappa shape index (κ2) is 5.05. The molecule has 2 rings (SSSR count). The molecule has 17 heavy (non-hydrogen) atoms. The number of hydrogen-bond acceptors (Lipinski definition) is 5. The van der Waals surface area contributed by atoms with Crippen LogP contribution in [0.2, 0.25) is 0 Å². The number of nitrogens with zero attached hydrogens (tertiary/aromatic N) is 4. The monoisotopic (exact) mass is 246 g/mol. The van der Waals surface area contributed by atoms with Crippen LogP contribution in [0, 0.1) is 6.92 Å². The summed E-state index contributed by atoms with van der Waals surface area (Å²) in [6, 6.07) is 8.19. The van der Waals surface area contributed by atoms with Gasteiger partial charge in [0, 0.05) is 26.0 Å². The minimum atomic E-state index is 0.694. The van der Waals surface area contributed by atoms with Gasteiger partial charge in [0.05, 0.1) is 0 Å². The van der Waals surface area contributed by atoms with E-state index in [1.807, 2.05) is 33.2 Å². The number of aromatic nitrogens is 2. The zero-order valence-corrected chi connectivity index (χ0v) is 10.9. The molecule has 2 aromatic rings. The molecule has 0 fully saturated rings. The molecule has 0 unspecified atom stereocenters. The zero-order valence-electron chi connectivity index (χ0n) is 10.1. The standard InChI is InChI=1S/C12H14N4S/c1-9-14-15-12(17-9)13-8-10-4-6-11(7-5-10)16(2)3/h4-8H,1-3H3. The van der Waals surface area contributed by atoms with Gasteiger partial charge in [-0.1, -0.05) is 23.5 Å². The molecule has 0 atom stereocenters. The van der Waals surface area contributed by atoms with Gasteiger partial charge in [0.2, 0.25) is 5.13 Å². The number of aliphatic imine (C=N–C) groups is 1. The number of aryl methyl sites for hydroxylation is 1. The summed E-state index contributed by atoms with van der Waals surface area (Å²) in [5.74, 6) is 0. The lowest BCUT2D eigenvalue weighted by molar-refractivity contribution is 1.04. The van der Waals surface area contributed by atoms with Crippen molar-refractivity contribution in [3.05, 3.63) is 34.8 Å². The molecule has 0 bridgehead atoms. The number of anilines is 1. The van der Waals surface area contributed by atoms with E-state index in [1.54, 1.807) is 6.21 Å². The molecule has 1 aromatic heterocycles. The highest BCUT2D eigenvalue weighted by Gasteiger charge is 1.97. The highest BCUT2D eigenvalue weighted by Crippen LogP contribution is 2.17. The molecule has 0 aliphatic rings. The summed E-state index contributed by atoms with van der Waals surface area (Å²) in [7, 11) is 4.04. The Labute approximate surface area is 105 Å². The van der Waals surface area contributed by atoms with Crippen molar-refractivity contribution in [2.24, 2.45) is 4.99 Å². The minimum absolute atomic E-state index is 0.694. The molecule has 4 nitrogen and oxygen atoms in total. The van der Waals surface area contributed by atoms with E-state index in [2.05, 4.69) is 32.2 Å². The molecule has 0 spiro atoms. The van der Waals surface area contributed by atoms with E-state index in [-0.39, 0.29) is 0 Å². The Kier molecular flexibility index (Phi) is 3.49. The maximum absolute atomic E-state index is 4.28. The fraction of sp³-hybridized carbons (Fsp3) is 0.250. The van der Waals surface area contributed by atoms with Gasteiger partial charge in [-0.3, -0.25) is 0 Å². The molecule has 0 amide bonds. The van der Waals surface area contributed by atoms with Crippen LogP contribution in [0.25, 0.3) is 0 Å². The third-order valence-electron chi connectivity index (χ3n) is 2.25. The second-order valence-electron chi connectivity index (χ2n) is 3.85. The summed E-state index contributed by atoms with van der Waals surface area (Å²) in [5.41, 5.74) is 2.23. The third kappa shape index (κ3) is 3.10. The summed E-state index contributed by atoms with van der Waals surface area (Å²) in [4.78, 5) is 6.34. The van der Waals surface area contributed by atoms with Crippen LogP contribution < -0.4 is 4.90 Å². The van der Waals surface area contributed by atoms with E-state index < -0.39 is 0 Å². The van der Waals surface area contributed by atoms with E-state index in [9.17, 15) is 0 Å². The van der Waals surface area contributed by atoms with Crippen molar-refractivity contribution < 1.29 is 0 Å². The smallest absolute Gasteiger partial charge is 0.231 e. The highest BCUT2D eigenvalue weighted by atomic mass is 32.1. The fourth-order valence-electron chi connectivity index (χ4n) is 1.33. The van der Waals surface area contributed by atoms with E-state index in [0.717, 1.165) is 10.6 Å². The summed E-state index contributed by atoms with van der Waals surface area (Å²) in [6.45, 7) is 1.92. The van der Waals surface area contributed by atoms with Crippen LogP contribution in [0.5, 0.6) is 0 Å². The van der Waals surface area contributed by atoms with Crippen LogP contribution >= 0.6 is 11.3 Å². The molecule has 0 aliphatic carbocycles. The molecule has 1 aromatic carbocycles. The van der Waals surface area contributed by atoms with Gasteiger partial charge in [0.25, 0.3) is 0 Å². The lowest BCUT2D eigenvalue weighted by Gasteiger charge is -2.11. The van der Waals surface area contributed by atoms with Crippen molar-refractivity contribution >= 4 is 28.4 Å². The van der Waals surface area contributed by atoms with Gasteiger partial charge in [-0.05, 0) is 24.6 Å². The minimum Gasteiger partial charge on any atom is -0.378 e. The first-order valence-electron chi connectivity index (χ1n) is 5.27. The van der Waals surface area contributed by atoms with Crippen molar-refractivity contribution in [2.45, 2.75) is 6.92 Å². The van der Waals surface area contributed by atoms with Gasteiger partial charge < -0.3 is 4.90 Å². The van der Waals surface area contributed by atoms with Crippen LogP contribution in [0.1, 0.15) is 10.6 Å². The molecule has 88 valence electrons. The maximum atomic E-state index is 4.28. The van der Waals surface area contributed by atoms with Crippen LogP contribution in [0.15, 0.2) is 29.3 Å². The SMILES string of the molecule is Cc1nnc(N=Cc2ccc(N(C)C)cc2)s1. The molecule has 0 radical (unpaired) electrons. The van der Waals surface area contributed by atoms with Crippen molar-refractivity contribution in [3.8, 4) is 0 Å². The van der Waals surface area contributed by atoms with Crippen LogP contribution in [0.4, 0.5) is 10.8 Å². The van der Waals surface area contributed by atoms with Gasteiger partial charge in [-0.25, -0.2) is 4.99 Å². The zero-order chi connectivity index (χ0) is 12.3. The fourth-order valence-corrected chi connectivity index (χ4v) is 1.86. The van der Waals surface area contributed by atoms with Crippen LogP contribution in [0.3, 0.4) is 0 Å². The molecule has 0 saturated carbocycles. The second-order valence-corrected chi connectivity index (χ2v) is 5.01. The van der Waals surface area contributed by atoms with Gasteiger partial charge in [0.15, 0.2) is 0 Å². The Hall–Kier alpha value is -1.75. The first-order chi connectivity index (χ1) is 8.15. The van der Waals surface area contributed by atoms with E-state index in [4.69, 9.17) is 0 Å². The van der Waals surface area contributed by atoms with Gasteiger partial charge >= 0.3 is 0 Å². The first-order valence-corrected chi connectivity index (χ1v) is 6.08. The predicted molar refractivity (Wildman–Crippen MR) is 72.7 cm³/mol. The Morgan fingerprint density at radius 3 is 2.41 bits per heavy atom. The van der Waals surface area contributed by atoms with Crippen molar-refractivity contribution in [2.75, 3.05) is 19.0 Å². The van der Waals surface area contributed by atoms with E-state index >= 15 is 0 Å². The molecular weight excluding hydrogens is 232 g/mol. The Balaban J connectivity index is 2.11. The summed E-state index contributed by atoms with van der Waals surface area (Å²) >= 11 is 1.49. The number of benzene rings is 1. The molecular formula is C12H14N4S. The van der Waals surface area contributed by atoms with Gasteiger partial charge in [-0.2, -0.15) is 0 Å². The number of hydrogen-bond donors (Lipinski definition) is 0.